The minimum absolute atomic E-state index is 0.0854. The van der Waals surface area contributed by atoms with Gasteiger partial charge in [0, 0.05) is 54.2 Å². The summed E-state index contributed by atoms with van der Waals surface area (Å²) in [4.78, 5) is 35.4. The molecule has 3 aromatic carbocycles. The number of likely N-dealkylation sites (N-methyl/N-ethyl adjacent to an activating group) is 1. The summed E-state index contributed by atoms with van der Waals surface area (Å²) in [5.41, 5.74) is -0.842. The molecule has 0 N–H and O–H groups in total. The molecule has 0 saturated carbocycles. The molecule has 2 aliphatic rings. The Morgan fingerprint density at radius 1 is 1.03 bits per heavy atom. The third kappa shape index (κ3) is 11.0. The van der Waals surface area contributed by atoms with E-state index in [-0.39, 0.29) is 54.9 Å². The first-order valence-corrected chi connectivity index (χ1v) is 19.6. The maximum absolute atomic E-state index is 16.0. The van der Waals surface area contributed by atoms with Crippen LogP contribution in [0.25, 0.3) is 6.08 Å². The van der Waals surface area contributed by atoms with Crippen LogP contribution in [0.4, 0.5) is 13.2 Å². The lowest BCUT2D eigenvalue weighted by atomic mass is 9.89. The van der Waals surface area contributed by atoms with Crippen LogP contribution in [-0.2, 0) is 42.5 Å². The Labute approximate surface area is 338 Å². The van der Waals surface area contributed by atoms with Crippen molar-refractivity contribution in [1.29, 1.82) is 5.26 Å². The van der Waals surface area contributed by atoms with Crippen LogP contribution in [0.3, 0.4) is 0 Å². The number of esters is 2. The van der Waals surface area contributed by atoms with Crippen LogP contribution < -0.4 is 0 Å². The van der Waals surface area contributed by atoms with E-state index in [4.69, 9.17) is 24.2 Å². The molecule has 2 saturated heterocycles. The monoisotopic (exact) mass is 816 g/mol. The molecule has 58 heavy (non-hydrogen) atoms. The van der Waals surface area contributed by atoms with E-state index in [0.717, 1.165) is 44.4 Å². The molecular formula is C42H43F3N6O6S. The van der Waals surface area contributed by atoms with Gasteiger partial charge in [0.25, 0.3) is 0 Å². The van der Waals surface area contributed by atoms with E-state index in [2.05, 4.69) is 15.0 Å². The fourth-order valence-corrected chi connectivity index (χ4v) is 7.94. The zero-order chi connectivity index (χ0) is 41.1. The molecule has 0 aliphatic carbocycles. The van der Waals surface area contributed by atoms with Gasteiger partial charge < -0.3 is 23.8 Å². The molecule has 2 fully saturated rings. The molecule has 16 heteroatoms. The van der Waals surface area contributed by atoms with Crippen molar-refractivity contribution < 1.29 is 41.7 Å². The molecule has 6 rings (SSSR count). The van der Waals surface area contributed by atoms with Gasteiger partial charge >= 0.3 is 11.9 Å². The number of carbonyl (C=O) groups excluding carboxylic acids is 2. The second kappa shape index (κ2) is 19.9. The number of halogens is 3. The molecule has 0 radical (unpaired) electrons. The molecule has 3 heterocycles. The Morgan fingerprint density at radius 2 is 1.81 bits per heavy atom. The van der Waals surface area contributed by atoms with Crippen molar-refractivity contribution in [2.75, 3.05) is 53.0 Å². The summed E-state index contributed by atoms with van der Waals surface area (Å²) in [7, 11) is 2.03. The molecule has 1 aromatic heterocycles. The highest BCUT2D eigenvalue weighted by molar-refractivity contribution is 8.00. The number of ether oxygens (including phenoxy) is 4. The molecule has 12 nitrogen and oxygen atoms in total. The van der Waals surface area contributed by atoms with E-state index < -0.39 is 46.5 Å². The van der Waals surface area contributed by atoms with Crippen LogP contribution in [0.2, 0.25) is 0 Å². The first-order valence-electron chi connectivity index (χ1n) is 18.6. The van der Waals surface area contributed by atoms with E-state index in [1.807, 2.05) is 18.0 Å². The van der Waals surface area contributed by atoms with Gasteiger partial charge in [0.1, 0.15) is 36.7 Å². The molecule has 304 valence electrons. The second-order valence-electron chi connectivity index (χ2n) is 13.9. The topological polar surface area (TPSA) is 132 Å². The van der Waals surface area contributed by atoms with E-state index >= 15 is 4.39 Å². The van der Waals surface area contributed by atoms with E-state index in [1.165, 1.54) is 53.4 Å². The Hall–Kier alpha value is -5.31. The van der Waals surface area contributed by atoms with Crippen molar-refractivity contribution in [2.24, 2.45) is 0 Å². The normalized spacial score (nSPS) is 19.4. The van der Waals surface area contributed by atoms with Gasteiger partial charge in [-0.25, -0.2) is 27.6 Å². The van der Waals surface area contributed by atoms with E-state index in [9.17, 15) is 18.4 Å². The summed E-state index contributed by atoms with van der Waals surface area (Å²) in [6.45, 7) is 5.06. The fraction of sp³-hybridized carbons (Fsp3) is 0.357. The van der Waals surface area contributed by atoms with Crippen molar-refractivity contribution in [1.82, 2.24) is 24.6 Å². The maximum Gasteiger partial charge on any atom is 0.339 e. The summed E-state index contributed by atoms with van der Waals surface area (Å²) in [5, 5.41) is 12.2. The van der Waals surface area contributed by atoms with Gasteiger partial charge in [-0.15, -0.1) is 11.8 Å². The van der Waals surface area contributed by atoms with E-state index in [0.29, 0.717) is 11.1 Å². The molecule has 2 aliphatic heterocycles. The summed E-state index contributed by atoms with van der Waals surface area (Å²) in [5.74, 6) is -3.51. The first kappa shape index (κ1) is 42.3. The number of hydrogen-bond donors (Lipinski definition) is 0. The number of aromatic nitrogens is 3. The lowest BCUT2D eigenvalue weighted by Crippen LogP contribution is -2.47. The Bertz CT molecular complexity index is 2130. The van der Waals surface area contributed by atoms with Crippen molar-refractivity contribution in [3.63, 3.8) is 0 Å². The van der Waals surface area contributed by atoms with Gasteiger partial charge in [-0.3, -0.25) is 9.69 Å². The van der Waals surface area contributed by atoms with Gasteiger partial charge in [0.15, 0.2) is 11.9 Å². The molecular weight excluding hydrogens is 774 g/mol. The molecule has 2 atom stereocenters. The minimum atomic E-state index is -1.79. The number of carbonyl (C=O) groups is 2. The number of thioether (sulfide) groups is 1. The van der Waals surface area contributed by atoms with Crippen LogP contribution in [0.15, 0.2) is 91.5 Å². The van der Waals surface area contributed by atoms with Crippen molar-refractivity contribution in [3.8, 4) is 6.07 Å². The third-order valence-corrected chi connectivity index (χ3v) is 11.3. The zero-order valence-electron chi connectivity index (χ0n) is 32.0. The maximum atomic E-state index is 16.0. The molecule has 0 bridgehead atoms. The highest BCUT2D eigenvalue weighted by Crippen LogP contribution is 2.42. The molecule has 4 aromatic rings. The predicted molar refractivity (Wildman–Crippen MR) is 209 cm³/mol. The van der Waals surface area contributed by atoms with Crippen molar-refractivity contribution >= 4 is 29.8 Å². The van der Waals surface area contributed by atoms with Crippen LogP contribution in [0, 0.1) is 28.8 Å². The van der Waals surface area contributed by atoms with Gasteiger partial charge in [-0.05, 0) is 50.4 Å². The number of nitrogens with zero attached hydrogens (tertiary/aromatic N) is 6. The summed E-state index contributed by atoms with van der Waals surface area (Å²) in [6.07, 6.45) is 8.50. The Balaban J connectivity index is 1.18. The average Bonchev–Trinajstić information content (AvgIpc) is 3.73. The highest BCUT2D eigenvalue weighted by Gasteiger charge is 2.47. The van der Waals surface area contributed by atoms with Crippen molar-refractivity contribution in [3.05, 3.63) is 137 Å². The first-order chi connectivity index (χ1) is 28.0. The molecule has 0 unspecified atom stereocenters. The minimum Gasteiger partial charge on any atom is -0.460 e. The van der Waals surface area contributed by atoms with Crippen molar-refractivity contribution in [2.45, 2.75) is 42.5 Å². The number of rotatable bonds is 15. The predicted octanol–water partition coefficient (Wildman–Crippen LogP) is 5.74. The standard InChI is InChI=1S/C42H43F3N6O6S/c1-29(58-34-24-55-40(56-25-34)10-6-4-7-31-12-11-30(21-46)19-37(31)44)42(26-51-28-47-27-48-51,36-14-13-33(43)20-38(36)45)57-41(53)35-9-5-3-8-32(35)23-54-39(52)22-50-17-15-49(2)16-18-50/h3-14,19-20,27-29,34,40H,15-18,22-26H2,1-2H3/t29-,34-,40-,42-/m1/s1. The van der Waals surface area contributed by atoms with Gasteiger partial charge in [0.05, 0.1) is 48.7 Å². The van der Waals surface area contributed by atoms with Gasteiger partial charge in [-0.1, -0.05) is 42.5 Å². The third-order valence-electron chi connectivity index (χ3n) is 9.83. The average molecular weight is 817 g/mol. The largest absolute Gasteiger partial charge is 0.460 e. The Morgan fingerprint density at radius 3 is 2.52 bits per heavy atom. The lowest BCUT2D eigenvalue weighted by molar-refractivity contribution is -0.147. The number of benzene rings is 3. The summed E-state index contributed by atoms with van der Waals surface area (Å²) in [6, 6.07) is 15.7. The SMILES string of the molecule is C[C@@H](S[C@H]1CO[C@H](C=CC=Cc2ccc(C#N)cc2F)OC1)[C@@](Cn1cncn1)(OC(=O)c1ccccc1COC(=O)CN1CCN(C)CC1)c1ccc(F)cc1F. The fourth-order valence-electron chi connectivity index (χ4n) is 6.58. The summed E-state index contributed by atoms with van der Waals surface area (Å²) < 4.78 is 69.9. The molecule has 0 amide bonds. The van der Waals surface area contributed by atoms with Crippen LogP contribution in [-0.4, -0.2) is 106 Å². The highest BCUT2D eigenvalue weighted by atomic mass is 32.2. The van der Waals surface area contributed by atoms with E-state index in [1.54, 1.807) is 49.4 Å². The quantitative estimate of drug-likeness (QED) is 0.107. The number of hydrogen-bond acceptors (Lipinski definition) is 12. The smallest absolute Gasteiger partial charge is 0.339 e. The van der Waals surface area contributed by atoms with Crippen LogP contribution in [0.1, 0.15) is 39.5 Å². The lowest BCUT2D eigenvalue weighted by Gasteiger charge is -2.40. The number of piperazine rings is 1. The molecule has 0 spiro atoms. The zero-order valence-corrected chi connectivity index (χ0v) is 32.8. The van der Waals surface area contributed by atoms with Gasteiger partial charge in [0.2, 0.25) is 0 Å². The second-order valence-corrected chi connectivity index (χ2v) is 15.6. The number of allylic oxidation sites excluding steroid dienone is 2. The van der Waals surface area contributed by atoms with Gasteiger partial charge in [-0.2, -0.15) is 10.4 Å². The Kier molecular flexibility index (Phi) is 14.5. The van der Waals surface area contributed by atoms with Crippen LogP contribution >= 0.6 is 11.8 Å². The number of nitriles is 1. The van der Waals surface area contributed by atoms with Crippen LogP contribution in [0.5, 0.6) is 0 Å². The summed E-state index contributed by atoms with van der Waals surface area (Å²) >= 11 is 1.33.